The number of methoxy groups -OCH3 is 1. The lowest BCUT2D eigenvalue weighted by atomic mass is 9.91. The molecule has 2 amide bonds. The first-order valence-electron chi connectivity index (χ1n) is 12.2. The summed E-state index contributed by atoms with van der Waals surface area (Å²) >= 11 is 0. The Hall–Kier alpha value is -3.90. The number of carbonyl (C=O) groups is 2. The summed E-state index contributed by atoms with van der Waals surface area (Å²) in [7, 11) is 1.60. The molecule has 2 aliphatic rings. The molecule has 37 heavy (non-hydrogen) atoms. The predicted octanol–water partition coefficient (Wildman–Crippen LogP) is 1.53. The van der Waals surface area contributed by atoms with Crippen LogP contribution in [0.3, 0.4) is 0 Å². The van der Waals surface area contributed by atoms with E-state index in [4.69, 9.17) is 24.1 Å². The van der Waals surface area contributed by atoms with Crippen LogP contribution < -0.4 is 24.8 Å². The van der Waals surface area contributed by atoms with Crippen LogP contribution in [0, 0.1) is 0 Å². The van der Waals surface area contributed by atoms with Crippen molar-refractivity contribution in [3.63, 3.8) is 0 Å². The second-order valence-corrected chi connectivity index (χ2v) is 8.91. The van der Waals surface area contributed by atoms with Gasteiger partial charge in [0.2, 0.25) is 12.7 Å². The molecule has 1 fully saturated rings. The van der Waals surface area contributed by atoms with Crippen LogP contribution in [-0.4, -0.2) is 77.7 Å². The summed E-state index contributed by atoms with van der Waals surface area (Å²) in [6.07, 6.45) is 5.93. The number of nitrogens with one attached hydrogen (secondary N) is 3. The van der Waals surface area contributed by atoms with E-state index in [0.29, 0.717) is 58.3 Å². The van der Waals surface area contributed by atoms with Crippen LogP contribution in [-0.2, 0) is 9.53 Å². The van der Waals surface area contributed by atoms with E-state index in [9.17, 15) is 9.59 Å². The van der Waals surface area contributed by atoms with Gasteiger partial charge in [-0.25, -0.2) is 9.97 Å². The summed E-state index contributed by atoms with van der Waals surface area (Å²) in [5.41, 5.74) is 2.59. The quantitative estimate of drug-likeness (QED) is 0.313. The van der Waals surface area contributed by atoms with Crippen LogP contribution in [0.4, 0.5) is 0 Å². The first-order valence-corrected chi connectivity index (χ1v) is 12.2. The average Bonchev–Trinajstić information content (AvgIpc) is 3.57. The number of H-pyrrole nitrogens is 1. The largest absolute Gasteiger partial charge is 0.490 e. The van der Waals surface area contributed by atoms with Gasteiger partial charge in [0.1, 0.15) is 36.5 Å². The molecule has 1 aliphatic heterocycles. The van der Waals surface area contributed by atoms with Crippen molar-refractivity contribution in [2.45, 2.75) is 37.8 Å². The fourth-order valence-electron chi connectivity index (χ4n) is 4.75. The lowest BCUT2D eigenvalue weighted by molar-refractivity contribution is -0.124. The third kappa shape index (κ3) is 5.16. The van der Waals surface area contributed by atoms with Gasteiger partial charge in [-0.05, 0) is 37.8 Å². The standard InChI is InChI=1S/C25H29N5O7/c1-34-8-9-35-17-6-7-18-24(37-13-36-18)20(17)22-23-21(27-12-28-22)16(10-26-23)25(33)30-15-4-2-14(3-5-15)29-19(32)11-31/h6-7,10,12,14-15,26,31H,2-5,8-9,11,13H2,1H3,(H,29,32)(H,30,33)/t14-,15+. The molecule has 196 valence electrons. The monoisotopic (exact) mass is 511 g/mol. The minimum absolute atomic E-state index is 0.00953. The van der Waals surface area contributed by atoms with Crippen molar-refractivity contribution in [1.29, 1.82) is 0 Å². The molecule has 0 atom stereocenters. The second kappa shape index (κ2) is 11.0. The molecule has 3 heterocycles. The number of ether oxygens (including phenoxy) is 4. The van der Waals surface area contributed by atoms with Crippen LogP contribution in [0.25, 0.3) is 22.3 Å². The number of aromatic amines is 1. The summed E-state index contributed by atoms with van der Waals surface area (Å²) < 4.78 is 22.4. The average molecular weight is 512 g/mol. The molecule has 1 saturated carbocycles. The Morgan fingerprint density at radius 1 is 1.11 bits per heavy atom. The third-order valence-corrected chi connectivity index (χ3v) is 6.56. The maximum atomic E-state index is 13.2. The van der Waals surface area contributed by atoms with Crippen LogP contribution in [0.2, 0.25) is 0 Å². The Morgan fingerprint density at radius 3 is 2.65 bits per heavy atom. The van der Waals surface area contributed by atoms with Crippen molar-refractivity contribution < 1.29 is 33.6 Å². The Bertz CT molecular complexity index is 1290. The number of rotatable bonds is 9. The molecule has 12 heteroatoms. The number of aliphatic hydroxyl groups is 1. The molecule has 0 bridgehead atoms. The van der Waals surface area contributed by atoms with E-state index >= 15 is 0 Å². The Labute approximate surface area is 212 Å². The number of amides is 2. The van der Waals surface area contributed by atoms with Crippen molar-refractivity contribution in [2.24, 2.45) is 0 Å². The number of hydrogen-bond acceptors (Lipinski definition) is 9. The fourth-order valence-corrected chi connectivity index (χ4v) is 4.75. The Balaban J connectivity index is 1.38. The molecule has 1 aliphatic carbocycles. The van der Waals surface area contributed by atoms with Gasteiger partial charge in [-0.15, -0.1) is 0 Å². The number of aromatic nitrogens is 3. The minimum atomic E-state index is -0.521. The molecular weight excluding hydrogens is 482 g/mol. The second-order valence-electron chi connectivity index (χ2n) is 8.91. The van der Waals surface area contributed by atoms with Crippen LogP contribution >= 0.6 is 0 Å². The lowest BCUT2D eigenvalue weighted by Gasteiger charge is -2.29. The molecule has 5 rings (SSSR count). The molecule has 0 saturated heterocycles. The molecule has 12 nitrogen and oxygen atoms in total. The van der Waals surface area contributed by atoms with E-state index in [0.717, 1.165) is 25.7 Å². The van der Waals surface area contributed by atoms with Crippen LogP contribution in [0.1, 0.15) is 36.0 Å². The maximum absolute atomic E-state index is 13.2. The summed E-state index contributed by atoms with van der Waals surface area (Å²) in [5.74, 6) is 1.02. The normalized spacial score (nSPS) is 18.5. The van der Waals surface area contributed by atoms with E-state index in [-0.39, 0.29) is 30.7 Å². The fraction of sp³-hybridized carbons (Fsp3) is 0.440. The molecular formula is C25H29N5O7. The van der Waals surface area contributed by atoms with Gasteiger partial charge < -0.3 is 39.7 Å². The van der Waals surface area contributed by atoms with E-state index in [1.165, 1.54) is 6.33 Å². The van der Waals surface area contributed by atoms with Gasteiger partial charge >= 0.3 is 0 Å². The van der Waals surface area contributed by atoms with E-state index in [1.807, 2.05) is 0 Å². The predicted molar refractivity (Wildman–Crippen MR) is 132 cm³/mol. The number of nitrogens with zero attached hydrogens (tertiary/aromatic N) is 2. The highest BCUT2D eigenvalue weighted by atomic mass is 16.7. The molecule has 4 N–H and O–H groups in total. The van der Waals surface area contributed by atoms with Crippen LogP contribution in [0.15, 0.2) is 24.7 Å². The zero-order valence-corrected chi connectivity index (χ0v) is 20.4. The first kappa shape index (κ1) is 24.8. The van der Waals surface area contributed by atoms with Gasteiger partial charge in [0.15, 0.2) is 11.5 Å². The molecule has 2 aromatic heterocycles. The first-order chi connectivity index (χ1) is 18.1. The highest BCUT2D eigenvalue weighted by Gasteiger charge is 2.28. The summed E-state index contributed by atoms with van der Waals surface area (Å²) in [6.45, 7) is 0.312. The van der Waals surface area contributed by atoms with Crippen molar-refractivity contribution in [1.82, 2.24) is 25.6 Å². The van der Waals surface area contributed by atoms with Gasteiger partial charge in [-0.1, -0.05) is 0 Å². The number of benzene rings is 1. The zero-order valence-electron chi connectivity index (χ0n) is 20.4. The van der Waals surface area contributed by atoms with Gasteiger partial charge in [0, 0.05) is 25.4 Å². The third-order valence-electron chi connectivity index (χ3n) is 6.56. The number of carbonyl (C=O) groups excluding carboxylic acids is 2. The minimum Gasteiger partial charge on any atom is -0.490 e. The highest BCUT2D eigenvalue weighted by molar-refractivity contribution is 6.08. The highest BCUT2D eigenvalue weighted by Crippen LogP contribution is 2.47. The van der Waals surface area contributed by atoms with Crippen molar-refractivity contribution in [2.75, 3.05) is 33.7 Å². The number of hydrogen-bond donors (Lipinski definition) is 4. The number of aliphatic hydroxyl groups excluding tert-OH is 1. The SMILES string of the molecule is COCCOc1ccc2c(c1-c1ncnc3c(C(=O)N[C@H]4CC[C@@H](NC(=O)CO)CC4)c[nH]c13)OCO2. The molecule has 0 radical (unpaired) electrons. The topological polar surface area (TPSA) is 157 Å². The molecule has 1 aromatic carbocycles. The van der Waals surface area contributed by atoms with E-state index in [1.54, 1.807) is 25.4 Å². The smallest absolute Gasteiger partial charge is 0.255 e. The van der Waals surface area contributed by atoms with E-state index in [2.05, 4.69) is 25.6 Å². The maximum Gasteiger partial charge on any atom is 0.255 e. The van der Waals surface area contributed by atoms with Gasteiger partial charge in [0.25, 0.3) is 5.91 Å². The number of fused-ring (bicyclic) bond motifs is 2. The van der Waals surface area contributed by atoms with Crippen molar-refractivity contribution >= 4 is 22.8 Å². The van der Waals surface area contributed by atoms with Gasteiger partial charge in [-0.3, -0.25) is 9.59 Å². The van der Waals surface area contributed by atoms with Crippen molar-refractivity contribution in [3.8, 4) is 28.5 Å². The van der Waals surface area contributed by atoms with Crippen molar-refractivity contribution in [3.05, 3.63) is 30.2 Å². The summed E-state index contributed by atoms with van der Waals surface area (Å²) in [5, 5.41) is 14.8. The Kier molecular flexibility index (Phi) is 7.37. The lowest BCUT2D eigenvalue weighted by Crippen LogP contribution is -2.44. The molecule has 0 spiro atoms. The molecule has 3 aromatic rings. The van der Waals surface area contributed by atoms with Gasteiger partial charge in [-0.2, -0.15) is 0 Å². The van der Waals surface area contributed by atoms with E-state index < -0.39 is 6.61 Å². The Morgan fingerprint density at radius 2 is 1.89 bits per heavy atom. The molecule has 0 unspecified atom stereocenters. The summed E-state index contributed by atoms with van der Waals surface area (Å²) in [6, 6.07) is 3.56. The van der Waals surface area contributed by atoms with Crippen LogP contribution in [0.5, 0.6) is 17.2 Å². The zero-order chi connectivity index (χ0) is 25.8. The summed E-state index contributed by atoms with van der Waals surface area (Å²) in [4.78, 5) is 36.7. The van der Waals surface area contributed by atoms with Gasteiger partial charge in [0.05, 0.1) is 23.3 Å².